The Bertz CT molecular complexity index is 147. The fourth-order valence-corrected chi connectivity index (χ4v) is 1.78. The van der Waals surface area contributed by atoms with Crippen LogP contribution in [-0.4, -0.2) is 74.0 Å². The second kappa shape index (κ2) is 6.35. The molecule has 1 heterocycles. The van der Waals surface area contributed by atoms with Crippen molar-refractivity contribution in [3.8, 4) is 0 Å². The molecular formula is C10H22N2O2. The van der Waals surface area contributed by atoms with E-state index in [0.717, 1.165) is 39.3 Å². The third-order valence-corrected chi connectivity index (χ3v) is 2.80. The minimum Gasteiger partial charge on any atom is -0.395 e. The van der Waals surface area contributed by atoms with Gasteiger partial charge in [0.2, 0.25) is 0 Å². The quantitative estimate of drug-likeness (QED) is 0.660. The molecule has 0 aromatic rings. The second-order valence-corrected chi connectivity index (χ2v) is 3.91. The molecule has 1 aliphatic heterocycles. The Morgan fingerprint density at radius 2 is 1.79 bits per heavy atom. The second-order valence-electron chi connectivity index (χ2n) is 3.91. The summed E-state index contributed by atoms with van der Waals surface area (Å²) in [5.74, 6) is 0. The molecule has 0 aromatic carbocycles. The Morgan fingerprint density at radius 1 is 1.21 bits per heavy atom. The van der Waals surface area contributed by atoms with Crippen LogP contribution in [0.25, 0.3) is 0 Å². The van der Waals surface area contributed by atoms with E-state index in [9.17, 15) is 0 Å². The van der Waals surface area contributed by atoms with Crippen molar-refractivity contribution in [2.75, 3.05) is 53.0 Å². The summed E-state index contributed by atoms with van der Waals surface area (Å²) in [6.07, 6.45) is 0.319. The average Bonchev–Trinajstić information content (AvgIpc) is 2.21. The zero-order valence-electron chi connectivity index (χ0n) is 9.28. The predicted molar refractivity (Wildman–Crippen MR) is 56.4 cm³/mol. The van der Waals surface area contributed by atoms with Crippen molar-refractivity contribution >= 4 is 0 Å². The van der Waals surface area contributed by atoms with Crippen molar-refractivity contribution in [2.45, 2.75) is 13.0 Å². The van der Waals surface area contributed by atoms with E-state index in [0.29, 0.717) is 6.10 Å². The SMILES string of the molecule is COC(C)CN1CCN(CCO)CC1. The van der Waals surface area contributed by atoms with Gasteiger partial charge in [-0.1, -0.05) is 0 Å². The van der Waals surface area contributed by atoms with Crippen LogP contribution in [0.3, 0.4) is 0 Å². The molecule has 1 rings (SSSR count). The molecule has 84 valence electrons. The average molecular weight is 202 g/mol. The van der Waals surface area contributed by atoms with Crippen molar-refractivity contribution in [3.63, 3.8) is 0 Å². The molecule has 14 heavy (non-hydrogen) atoms. The van der Waals surface area contributed by atoms with Crippen LogP contribution < -0.4 is 0 Å². The number of ether oxygens (including phenoxy) is 1. The fraction of sp³-hybridized carbons (Fsp3) is 1.00. The highest BCUT2D eigenvalue weighted by atomic mass is 16.5. The largest absolute Gasteiger partial charge is 0.395 e. The maximum atomic E-state index is 8.79. The zero-order chi connectivity index (χ0) is 10.4. The Balaban J connectivity index is 2.15. The maximum Gasteiger partial charge on any atom is 0.0670 e. The van der Waals surface area contributed by atoms with E-state index < -0.39 is 0 Å². The van der Waals surface area contributed by atoms with E-state index in [1.807, 2.05) is 0 Å². The van der Waals surface area contributed by atoms with Gasteiger partial charge in [-0.3, -0.25) is 9.80 Å². The molecule has 1 atom stereocenters. The Kier molecular flexibility index (Phi) is 5.40. The third-order valence-electron chi connectivity index (χ3n) is 2.80. The van der Waals surface area contributed by atoms with Gasteiger partial charge in [0.15, 0.2) is 0 Å². The summed E-state index contributed by atoms with van der Waals surface area (Å²) in [6.45, 7) is 8.51. The maximum absolute atomic E-state index is 8.79. The summed E-state index contributed by atoms with van der Waals surface area (Å²) in [4.78, 5) is 4.72. The molecule has 1 unspecified atom stereocenters. The minimum absolute atomic E-state index is 0.272. The molecule has 0 radical (unpaired) electrons. The Morgan fingerprint density at radius 3 is 2.29 bits per heavy atom. The van der Waals surface area contributed by atoms with E-state index in [-0.39, 0.29) is 6.61 Å². The van der Waals surface area contributed by atoms with E-state index >= 15 is 0 Å². The first-order chi connectivity index (χ1) is 6.76. The van der Waals surface area contributed by atoms with Crippen molar-refractivity contribution in [3.05, 3.63) is 0 Å². The van der Waals surface area contributed by atoms with Gasteiger partial charge >= 0.3 is 0 Å². The van der Waals surface area contributed by atoms with E-state index in [4.69, 9.17) is 9.84 Å². The van der Waals surface area contributed by atoms with Crippen LogP contribution in [0, 0.1) is 0 Å². The summed E-state index contributed by atoms with van der Waals surface area (Å²) in [6, 6.07) is 0. The molecule has 1 fully saturated rings. The first kappa shape index (κ1) is 11.9. The van der Waals surface area contributed by atoms with Gasteiger partial charge in [-0.2, -0.15) is 0 Å². The first-order valence-electron chi connectivity index (χ1n) is 5.34. The number of rotatable bonds is 5. The molecule has 0 spiro atoms. The molecule has 4 nitrogen and oxygen atoms in total. The van der Waals surface area contributed by atoms with Crippen LogP contribution in [0.1, 0.15) is 6.92 Å². The summed E-state index contributed by atoms with van der Waals surface area (Å²) in [5.41, 5.74) is 0. The van der Waals surface area contributed by atoms with Crippen LogP contribution in [0.4, 0.5) is 0 Å². The number of hydrogen-bond donors (Lipinski definition) is 1. The highest BCUT2D eigenvalue weighted by Gasteiger charge is 2.17. The number of β-amino-alcohol motifs (C(OH)–C–C–N with tert-alkyl or cyclic N) is 1. The summed E-state index contributed by atoms with van der Waals surface area (Å²) in [7, 11) is 1.76. The van der Waals surface area contributed by atoms with Crippen molar-refractivity contribution < 1.29 is 9.84 Å². The number of hydrogen-bond acceptors (Lipinski definition) is 4. The highest BCUT2D eigenvalue weighted by Crippen LogP contribution is 2.03. The molecule has 0 saturated carbocycles. The van der Waals surface area contributed by atoms with Crippen LogP contribution in [0.2, 0.25) is 0 Å². The molecule has 1 saturated heterocycles. The van der Waals surface area contributed by atoms with Crippen LogP contribution in [0.5, 0.6) is 0 Å². The monoisotopic (exact) mass is 202 g/mol. The van der Waals surface area contributed by atoms with Crippen molar-refractivity contribution in [2.24, 2.45) is 0 Å². The molecule has 0 aliphatic carbocycles. The third kappa shape index (κ3) is 3.92. The first-order valence-corrected chi connectivity index (χ1v) is 5.34. The van der Waals surface area contributed by atoms with Crippen LogP contribution in [0.15, 0.2) is 0 Å². The molecule has 0 amide bonds. The highest BCUT2D eigenvalue weighted by molar-refractivity contribution is 4.73. The lowest BCUT2D eigenvalue weighted by Gasteiger charge is -2.35. The molecule has 0 aromatic heterocycles. The lowest BCUT2D eigenvalue weighted by Crippen LogP contribution is -2.48. The lowest BCUT2D eigenvalue weighted by atomic mass is 10.3. The van der Waals surface area contributed by atoms with Crippen molar-refractivity contribution in [1.82, 2.24) is 9.80 Å². The summed E-state index contributed by atoms with van der Waals surface area (Å²) in [5, 5.41) is 8.79. The van der Waals surface area contributed by atoms with Gasteiger partial charge < -0.3 is 9.84 Å². The Hall–Kier alpha value is -0.160. The number of nitrogens with zero attached hydrogens (tertiary/aromatic N) is 2. The standard InChI is InChI=1S/C10H22N2O2/c1-10(14-2)9-12-5-3-11(4-6-12)7-8-13/h10,13H,3-9H2,1-2H3. The smallest absolute Gasteiger partial charge is 0.0670 e. The number of piperazine rings is 1. The van der Waals surface area contributed by atoms with E-state index in [2.05, 4.69) is 16.7 Å². The summed E-state index contributed by atoms with van der Waals surface area (Å²) < 4.78 is 5.23. The summed E-state index contributed by atoms with van der Waals surface area (Å²) >= 11 is 0. The van der Waals surface area contributed by atoms with Gasteiger partial charge in [0.1, 0.15) is 0 Å². The lowest BCUT2D eigenvalue weighted by molar-refractivity contribution is 0.0488. The molecule has 1 N–H and O–H groups in total. The van der Waals surface area contributed by atoms with Gasteiger partial charge in [0, 0.05) is 46.4 Å². The zero-order valence-corrected chi connectivity index (χ0v) is 9.28. The van der Waals surface area contributed by atoms with Gasteiger partial charge in [-0.05, 0) is 6.92 Å². The van der Waals surface area contributed by atoms with Gasteiger partial charge in [-0.25, -0.2) is 0 Å². The number of aliphatic hydroxyl groups excluding tert-OH is 1. The normalized spacial score (nSPS) is 22.5. The number of aliphatic hydroxyl groups is 1. The Labute approximate surface area is 86.4 Å². The predicted octanol–water partition coefficient (Wildman–Crippen LogP) is -0.369. The van der Waals surface area contributed by atoms with E-state index in [1.165, 1.54) is 0 Å². The molecule has 1 aliphatic rings. The van der Waals surface area contributed by atoms with Crippen LogP contribution >= 0.6 is 0 Å². The molecular weight excluding hydrogens is 180 g/mol. The number of methoxy groups -OCH3 is 1. The molecule has 4 heteroatoms. The van der Waals surface area contributed by atoms with Gasteiger partial charge in [-0.15, -0.1) is 0 Å². The van der Waals surface area contributed by atoms with Crippen molar-refractivity contribution in [1.29, 1.82) is 0 Å². The topological polar surface area (TPSA) is 35.9 Å². The van der Waals surface area contributed by atoms with Gasteiger partial charge in [0.25, 0.3) is 0 Å². The van der Waals surface area contributed by atoms with E-state index in [1.54, 1.807) is 7.11 Å². The fourth-order valence-electron chi connectivity index (χ4n) is 1.78. The minimum atomic E-state index is 0.272. The van der Waals surface area contributed by atoms with Crippen LogP contribution in [-0.2, 0) is 4.74 Å². The van der Waals surface area contributed by atoms with Gasteiger partial charge in [0.05, 0.1) is 12.7 Å². The molecule has 0 bridgehead atoms.